The van der Waals surface area contributed by atoms with Gasteiger partial charge in [0.05, 0.1) is 12.3 Å². The highest BCUT2D eigenvalue weighted by atomic mass is 14.7. The van der Waals surface area contributed by atoms with Crippen molar-refractivity contribution in [2.45, 2.75) is 41.5 Å². The van der Waals surface area contributed by atoms with E-state index < -0.39 is 0 Å². The average Bonchev–Trinajstić information content (AvgIpc) is 2.95. The molecule has 0 aliphatic carbocycles. The zero-order valence-corrected chi connectivity index (χ0v) is 13.5. The number of rotatable bonds is 3. The molecular weight excluding hydrogens is 230 g/mol. The first kappa shape index (κ1) is 19.7. The second-order valence-corrected chi connectivity index (χ2v) is 3.97. The molecule has 106 valence electrons. The van der Waals surface area contributed by atoms with Gasteiger partial charge in [0.25, 0.3) is 0 Å². The summed E-state index contributed by atoms with van der Waals surface area (Å²) in [6.45, 7) is 20.4. The van der Waals surface area contributed by atoms with Gasteiger partial charge in [-0.25, -0.2) is 0 Å². The van der Waals surface area contributed by atoms with Crippen molar-refractivity contribution in [2.24, 2.45) is 4.99 Å². The quantitative estimate of drug-likeness (QED) is 0.578. The van der Waals surface area contributed by atoms with E-state index in [-0.39, 0.29) is 0 Å². The number of hydrogen-bond donors (Lipinski definition) is 0. The first-order chi connectivity index (χ1) is 9.02. The molecule has 0 aromatic heterocycles. The van der Waals surface area contributed by atoms with Gasteiger partial charge in [-0.15, -0.1) is 0 Å². The first-order valence-corrected chi connectivity index (χ1v) is 6.82. The summed E-state index contributed by atoms with van der Waals surface area (Å²) in [4.78, 5) is 4.14. The predicted octanol–water partition coefficient (Wildman–Crippen LogP) is 5.68. The van der Waals surface area contributed by atoms with Crippen molar-refractivity contribution in [1.29, 1.82) is 0 Å². The molecule has 0 aromatic carbocycles. The lowest BCUT2D eigenvalue weighted by Crippen LogP contribution is -1.88. The van der Waals surface area contributed by atoms with Gasteiger partial charge in [-0.3, -0.25) is 4.99 Å². The Balaban J connectivity index is 0. The van der Waals surface area contributed by atoms with Gasteiger partial charge in [0, 0.05) is 0 Å². The van der Waals surface area contributed by atoms with Crippen LogP contribution in [0.4, 0.5) is 0 Å². The minimum absolute atomic E-state index is 0.836. The van der Waals surface area contributed by atoms with E-state index in [0.717, 1.165) is 17.8 Å². The molecule has 1 aliphatic rings. The van der Waals surface area contributed by atoms with Gasteiger partial charge in [0.15, 0.2) is 0 Å². The fraction of sp³-hybridized carbons (Fsp3) is 0.389. The molecule has 0 aromatic rings. The van der Waals surface area contributed by atoms with Gasteiger partial charge < -0.3 is 0 Å². The molecule has 0 N–H and O–H groups in total. The molecule has 19 heavy (non-hydrogen) atoms. The lowest BCUT2D eigenvalue weighted by Gasteiger charge is -1.95. The Morgan fingerprint density at radius 2 is 1.79 bits per heavy atom. The summed E-state index contributed by atoms with van der Waals surface area (Å²) >= 11 is 0. The second kappa shape index (κ2) is 12.8. The molecule has 1 heteroatoms. The van der Waals surface area contributed by atoms with E-state index in [2.05, 4.69) is 38.1 Å². The third-order valence-electron chi connectivity index (χ3n) is 2.50. The number of allylic oxidation sites excluding steroid dienone is 7. The second-order valence-electron chi connectivity index (χ2n) is 3.97. The van der Waals surface area contributed by atoms with E-state index in [1.807, 2.05) is 52.0 Å². The van der Waals surface area contributed by atoms with Gasteiger partial charge in [-0.1, -0.05) is 56.9 Å². The molecule has 1 heterocycles. The van der Waals surface area contributed by atoms with Crippen LogP contribution in [0.15, 0.2) is 65.2 Å². The van der Waals surface area contributed by atoms with Crippen molar-refractivity contribution in [2.75, 3.05) is 6.54 Å². The Bertz CT molecular complexity index is 390. The highest BCUT2D eigenvalue weighted by Gasteiger charge is 1.96. The van der Waals surface area contributed by atoms with Gasteiger partial charge in [-0.2, -0.15) is 0 Å². The molecule has 0 fully saturated rings. The molecular formula is C18H29N. The molecule has 0 spiro atoms. The van der Waals surface area contributed by atoms with Crippen LogP contribution < -0.4 is 0 Å². The van der Waals surface area contributed by atoms with Crippen LogP contribution in [0.5, 0.6) is 0 Å². The van der Waals surface area contributed by atoms with E-state index in [9.17, 15) is 0 Å². The van der Waals surface area contributed by atoms with E-state index in [0.29, 0.717) is 0 Å². The molecule has 0 atom stereocenters. The molecule has 0 bridgehead atoms. The minimum atomic E-state index is 0.836. The zero-order chi connectivity index (χ0) is 15.3. The van der Waals surface area contributed by atoms with Crippen molar-refractivity contribution in [1.82, 2.24) is 0 Å². The fourth-order valence-electron chi connectivity index (χ4n) is 1.18. The maximum atomic E-state index is 4.14. The Morgan fingerprint density at radius 1 is 1.21 bits per heavy atom. The van der Waals surface area contributed by atoms with E-state index in [1.54, 1.807) is 0 Å². The first-order valence-electron chi connectivity index (χ1n) is 6.82. The monoisotopic (exact) mass is 259 g/mol. The molecule has 0 amide bonds. The van der Waals surface area contributed by atoms with Crippen molar-refractivity contribution in [3.05, 3.63) is 60.3 Å². The third-order valence-corrected chi connectivity index (χ3v) is 2.50. The Labute approximate surface area is 119 Å². The van der Waals surface area contributed by atoms with Crippen LogP contribution in [0, 0.1) is 0 Å². The van der Waals surface area contributed by atoms with E-state index in [1.165, 1.54) is 11.1 Å². The zero-order valence-electron chi connectivity index (χ0n) is 13.5. The number of hydrogen-bond acceptors (Lipinski definition) is 1. The minimum Gasteiger partial charge on any atom is -0.281 e. The van der Waals surface area contributed by atoms with E-state index in [4.69, 9.17) is 0 Å². The van der Waals surface area contributed by atoms with E-state index >= 15 is 0 Å². The van der Waals surface area contributed by atoms with Crippen molar-refractivity contribution in [3.63, 3.8) is 0 Å². The number of nitrogens with zero attached hydrogens (tertiary/aromatic N) is 1. The molecule has 0 radical (unpaired) electrons. The summed E-state index contributed by atoms with van der Waals surface area (Å²) in [5.74, 6) is 0. The van der Waals surface area contributed by atoms with Crippen LogP contribution >= 0.6 is 0 Å². The highest BCUT2D eigenvalue weighted by Crippen LogP contribution is 2.06. The van der Waals surface area contributed by atoms with Crippen molar-refractivity contribution >= 4 is 5.71 Å². The van der Waals surface area contributed by atoms with Gasteiger partial charge in [0.1, 0.15) is 0 Å². The molecule has 0 unspecified atom stereocenters. The normalized spacial score (nSPS) is 13.7. The Hall–Kier alpha value is -1.63. The van der Waals surface area contributed by atoms with Crippen LogP contribution in [0.2, 0.25) is 0 Å². The van der Waals surface area contributed by atoms with Crippen LogP contribution in [-0.2, 0) is 0 Å². The smallest absolute Gasteiger partial charge is 0.0598 e. The molecule has 0 saturated heterocycles. The van der Waals surface area contributed by atoms with Gasteiger partial charge >= 0.3 is 0 Å². The molecule has 1 aliphatic heterocycles. The Kier molecular flexibility index (Phi) is 13.3. The summed E-state index contributed by atoms with van der Waals surface area (Å²) < 4.78 is 0. The number of aliphatic imine (C=N–C) groups is 1. The summed E-state index contributed by atoms with van der Waals surface area (Å²) in [6.07, 6.45) is 9.94. The van der Waals surface area contributed by atoms with Crippen LogP contribution in [0.1, 0.15) is 41.5 Å². The summed E-state index contributed by atoms with van der Waals surface area (Å²) in [5.41, 5.74) is 4.70. The standard InChI is InChI=1S/C9H14.C7H9N.C2H6/c1-5-7-9(4)8(3)6-2;1-6(2)7-4-3-5-8-7;1-2/h5-7H,1H2,2-4H3;3-4H,1,5H2,2H3;1-2H3/b8-6+,9-7+;;. The average molecular weight is 259 g/mol. The maximum Gasteiger partial charge on any atom is 0.0598 e. The highest BCUT2D eigenvalue weighted by molar-refractivity contribution is 6.08. The fourth-order valence-corrected chi connectivity index (χ4v) is 1.18. The summed E-state index contributed by atoms with van der Waals surface area (Å²) in [5, 5.41) is 0. The molecule has 0 saturated carbocycles. The summed E-state index contributed by atoms with van der Waals surface area (Å²) in [6, 6.07) is 0. The van der Waals surface area contributed by atoms with Crippen molar-refractivity contribution < 1.29 is 0 Å². The largest absolute Gasteiger partial charge is 0.281 e. The lowest BCUT2D eigenvalue weighted by molar-refractivity contribution is 1.28. The topological polar surface area (TPSA) is 12.4 Å². The predicted molar refractivity (Wildman–Crippen MR) is 91.0 cm³/mol. The van der Waals surface area contributed by atoms with Crippen LogP contribution in [0.25, 0.3) is 0 Å². The summed E-state index contributed by atoms with van der Waals surface area (Å²) in [7, 11) is 0. The maximum absolute atomic E-state index is 4.14. The van der Waals surface area contributed by atoms with Crippen LogP contribution in [-0.4, -0.2) is 12.3 Å². The SMILES string of the molecule is C=C(C)C1=NCC=C1.C=C/C=C(C)/C(C)=C/C.CC. The third kappa shape index (κ3) is 10.0. The Morgan fingerprint density at radius 3 is 2.05 bits per heavy atom. The molecule has 1 nitrogen and oxygen atoms in total. The lowest BCUT2D eigenvalue weighted by atomic mass is 10.1. The van der Waals surface area contributed by atoms with Gasteiger partial charge in [-0.05, 0) is 44.9 Å². The van der Waals surface area contributed by atoms with Gasteiger partial charge in [0.2, 0.25) is 0 Å². The molecule has 1 rings (SSSR count). The van der Waals surface area contributed by atoms with Crippen molar-refractivity contribution in [3.8, 4) is 0 Å². The van der Waals surface area contributed by atoms with Crippen LogP contribution in [0.3, 0.4) is 0 Å².